The van der Waals surface area contributed by atoms with Gasteiger partial charge in [0.1, 0.15) is 0 Å². The number of fused-ring (bicyclic) bond motifs is 1. The van der Waals surface area contributed by atoms with Gasteiger partial charge in [-0.05, 0) is 26.7 Å². The average molecular weight is 333 g/mol. The lowest BCUT2D eigenvalue weighted by molar-refractivity contribution is -0.00703. The maximum atomic E-state index is 13.2. The number of hydrogen-bond donors (Lipinski definition) is 1. The Bertz CT molecular complexity index is 621. The predicted octanol–water partition coefficient (Wildman–Crippen LogP) is 2.46. The van der Waals surface area contributed by atoms with Crippen molar-refractivity contribution in [3.05, 3.63) is 17.0 Å². The first kappa shape index (κ1) is 16.1. The van der Waals surface area contributed by atoms with E-state index in [0.29, 0.717) is 18.8 Å². The number of H-pyrrole nitrogens is 1. The zero-order valence-corrected chi connectivity index (χ0v) is 14.6. The van der Waals surface area contributed by atoms with E-state index in [1.165, 1.54) is 12.8 Å². The quantitative estimate of drug-likeness (QED) is 0.857. The van der Waals surface area contributed by atoms with E-state index in [-0.39, 0.29) is 23.5 Å². The van der Waals surface area contributed by atoms with Crippen molar-refractivity contribution in [2.24, 2.45) is 5.41 Å². The van der Waals surface area contributed by atoms with Gasteiger partial charge in [-0.3, -0.25) is 9.89 Å². The molecule has 1 amide bonds. The van der Waals surface area contributed by atoms with Crippen LogP contribution in [0.5, 0.6) is 0 Å². The van der Waals surface area contributed by atoms with Crippen LogP contribution in [0.4, 0.5) is 0 Å². The Morgan fingerprint density at radius 3 is 2.92 bits per heavy atom. The molecule has 2 fully saturated rings. The Balaban J connectivity index is 1.59. The summed E-state index contributed by atoms with van der Waals surface area (Å²) in [4.78, 5) is 15.2. The van der Waals surface area contributed by atoms with E-state index in [9.17, 15) is 4.79 Å². The fraction of sp³-hybridized carbons (Fsp3) is 0.778. The second kappa shape index (κ2) is 6.15. The lowest BCUT2D eigenvalue weighted by Gasteiger charge is -2.31. The summed E-state index contributed by atoms with van der Waals surface area (Å²) in [5, 5.41) is 7.41. The van der Waals surface area contributed by atoms with Crippen molar-refractivity contribution >= 4 is 5.91 Å². The molecule has 6 nitrogen and oxygen atoms in total. The summed E-state index contributed by atoms with van der Waals surface area (Å²) in [6, 6.07) is 0. The summed E-state index contributed by atoms with van der Waals surface area (Å²) in [5.74, 6) is 0.0468. The summed E-state index contributed by atoms with van der Waals surface area (Å²) < 4.78 is 11.7. The van der Waals surface area contributed by atoms with Gasteiger partial charge in [-0.1, -0.05) is 12.8 Å². The van der Waals surface area contributed by atoms with Crippen LogP contribution >= 0.6 is 0 Å². The van der Waals surface area contributed by atoms with E-state index >= 15 is 0 Å². The number of ether oxygens (including phenoxy) is 2. The van der Waals surface area contributed by atoms with Gasteiger partial charge in [0.15, 0.2) is 5.69 Å². The monoisotopic (exact) mass is 333 g/mol. The Morgan fingerprint density at radius 2 is 2.12 bits per heavy atom. The fourth-order valence-electron chi connectivity index (χ4n) is 4.59. The number of rotatable bonds is 1. The normalized spacial score (nSPS) is 29.5. The summed E-state index contributed by atoms with van der Waals surface area (Å²) in [7, 11) is 0. The topological polar surface area (TPSA) is 67.5 Å². The minimum absolute atomic E-state index is 0.0357. The molecular weight excluding hydrogens is 306 g/mol. The van der Waals surface area contributed by atoms with Crippen molar-refractivity contribution in [3.63, 3.8) is 0 Å². The molecule has 3 aliphatic rings. The standard InChI is InChI=1S/C18H27N3O3/c1-12-9-14-15(13(2)24-12)19-20-16(14)17(22)21-7-8-23-11-18(10-21)5-3-4-6-18/h12-13H,3-11H2,1-2H3,(H,19,20)/t12-,13+/m1/s1. The predicted molar refractivity (Wildman–Crippen MR) is 88.9 cm³/mol. The van der Waals surface area contributed by atoms with Crippen molar-refractivity contribution in [1.29, 1.82) is 0 Å². The van der Waals surface area contributed by atoms with Gasteiger partial charge in [-0.2, -0.15) is 5.10 Å². The van der Waals surface area contributed by atoms with Crippen LogP contribution in [0, 0.1) is 5.41 Å². The van der Waals surface area contributed by atoms with Crippen molar-refractivity contribution in [2.75, 3.05) is 26.3 Å². The van der Waals surface area contributed by atoms with Crippen LogP contribution in [-0.2, 0) is 15.9 Å². The molecule has 1 saturated carbocycles. The summed E-state index contributed by atoms with van der Waals surface area (Å²) in [5.41, 5.74) is 2.74. The van der Waals surface area contributed by atoms with Crippen LogP contribution in [-0.4, -0.2) is 53.4 Å². The minimum atomic E-state index is -0.0357. The molecule has 0 aromatic carbocycles. The third-order valence-corrected chi connectivity index (χ3v) is 5.83. The molecule has 1 saturated heterocycles. The highest BCUT2D eigenvalue weighted by Gasteiger charge is 2.40. The van der Waals surface area contributed by atoms with E-state index in [1.54, 1.807) is 0 Å². The number of amides is 1. The number of nitrogens with one attached hydrogen (secondary N) is 1. The second-order valence-electron chi connectivity index (χ2n) is 7.74. The van der Waals surface area contributed by atoms with Crippen molar-refractivity contribution < 1.29 is 14.3 Å². The van der Waals surface area contributed by atoms with Crippen LogP contribution in [0.2, 0.25) is 0 Å². The second-order valence-corrected chi connectivity index (χ2v) is 7.74. The van der Waals surface area contributed by atoms with Gasteiger partial charge >= 0.3 is 0 Å². The Labute approximate surface area is 142 Å². The highest BCUT2D eigenvalue weighted by Crippen LogP contribution is 2.40. The third-order valence-electron chi connectivity index (χ3n) is 5.83. The summed E-state index contributed by atoms with van der Waals surface area (Å²) in [6.45, 7) is 6.93. The van der Waals surface area contributed by atoms with Crippen molar-refractivity contribution in [3.8, 4) is 0 Å². The van der Waals surface area contributed by atoms with Crippen molar-refractivity contribution in [1.82, 2.24) is 15.1 Å². The van der Waals surface area contributed by atoms with Gasteiger partial charge < -0.3 is 14.4 Å². The van der Waals surface area contributed by atoms with Gasteiger partial charge in [0.25, 0.3) is 5.91 Å². The molecule has 1 N–H and O–H groups in total. The van der Waals surface area contributed by atoms with Crippen LogP contribution in [0.1, 0.15) is 67.4 Å². The molecule has 1 spiro atoms. The molecule has 6 heteroatoms. The molecule has 132 valence electrons. The molecular formula is C18H27N3O3. The van der Waals surface area contributed by atoms with Gasteiger partial charge in [0.2, 0.25) is 0 Å². The molecule has 24 heavy (non-hydrogen) atoms. The zero-order chi connectivity index (χ0) is 16.7. The highest BCUT2D eigenvalue weighted by molar-refractivity contribution is 5.94. The SMILES string of the molecule is C[C@@H]1Cc2c(C(=O)N3CCOCC4(CCCC4)C3)n[nH]c2[C@H](C)O1. The lowest BCUT2D eigenvalue weighted by Crippen LogP contribution is -2.41. The first-order valence-electron chi connectivity index (χ1n) is 9.18. The van der Waals surface area contributed by atoms with Crippen LogP contribution in [0.3, 0.4) is 0 Å². The third kappa shape index (κ3) is 2.75. The smallest absolute Gasteiger partial charge is 0.274 e. The largest absolute Gasteiger partial charge is 0.379 e. The maximum absolute atomic E-state index is 13.2. The van der Waals surface area contributed by atoms with Crippen LogP contribution < -0.4 is 0 Å². The summed E-state index contributed by atoms with van der Waals surface area (Å²) in [6.07, 6.45) is 5.64. The Morgan fingerprint density at radius 1 is 1.33 bits per heavy atom. The number of nitrogens with zero attached hydrogens (tertiary/aromatic N) is 2. The minimum Gasteiger partial charge on any atom is -0.379 e. The molecule has 0 radical (unpaired) electrons. The van der Waals surface area contributed by atoms with E-state index in [4.69, 9.17) is 9.47 Å². The first-order chi connectivity index (χ1) is 11.6. The number of carbonyl (C=O) groups excluding carboxylic acids is 1. The number of aromatic amines is 1. The Hall–Kier alpha value is -1.40. The lowest BCUT2D eigenvalue weighted by atomic mass is 9.86. The van der Waals surface area contributed by atoms with E-state index in [2.05, 4.69) is 10.2 Å². The molecule has 3 heterocycles. The van der Waals surface area contributed by atoms with E-state index in [1.807, 2.05) is 18.7 Å². The number of aromatic nitrogens is 2. The molecule has 1 aromatic heterocycles. The van der Waals surface area contributed by atoms with Crippen LogP contribution in [0.25, 0.3) is 0 Å². The molecule has 4 rings (SSSR count). The molecule has 2 atom stereocenters. The first-order valence-corrected chi connectivity index (χ1v) is 9.18. The van der Waals surface area contributed by atoms with Gasteiger partial charge in [0.05, 0.1) is 31.1 Å². The molecule has 2 aliphatic heterocycles. The average Bonchev–Trinajstić information content (AvgIpc) is 3.11. The van der Waals surface area contributed by atoms with Gasteiger partial charge in [0, 0.05) is 30.5 Å². The van der Waals surface area contributed by atoms with Crippen LogP contribution in [0.15, 0.2) is 0 Å². The number of carbonyl (C=O) groups is 1. The Kier molecular flexibility index (Phi) is 4.12. The van der Waals surface area contributed by atoms with E-state index in [0.717, 1.165) is 43.7 Å². The molecule has 1 aromatic rings. The fourth-order valence-corrected chi connectivity index (χ4v) is 4.59. The molecule has 1 aliphatic carbocycles. The highest BCUT2D eigenvalue weighted by atomic mass is 16.5. The van der Waals surface area contributed by atoms with Gasteiger partial charge in [-0.25, -0.2) is 0 Å². The number of hydrogen-bond acceptors (Lipinski definition) is 4. The van der Waals surface area contributed by atoms with E-state index < -0.39 is 0 Å². The zero-order valence-electron chi connectivity index (χ0n) is 14.6. The summed E-state index contributed by atoms with van der Waals surface area (Å²) >= 11 is 0. The molecule has 0 unspecified atom stereocenters. The maximum Gasteiger partial charge on any atom is 0.274 e. The molecule has 0 bridgehead atoms. The van der Waals surface area contributed by atoms with Gasteiger partial charge in [-0.15, -0.1) is 0 Å². The van der Waals surface area contributed by atoms with Crippen molar-refractivity contribution in [2.45, 2.75) is 58.2 Å².